The highest BCUT2D eigenvalue weighted by atomic mass is 19.1. The second-order valence-corrected chi connectivity index (χ2v) is 2.09. The van der Waals surface area contributed by atoms with Crippen LogP contribution < -0.4 is 0 Å². The summed E-state index contributed by atoms with van der Waals surface area (Å²) in [6, 6.07) is 0. The second-order valence-electron chi connectivity index (χ2n) is 2.09. The molecule has 58 valence electrons. The molecule has 1 rings (SSSR count). The first-order chi connectivity index (χ1) is 4.72. The summed E-state index contributed by atoms with van der Waals surface area (Å²) in [5.74, 6) is 0. The van der Waals surface area contributed by atoms with Crippen LogP contribution in [0.5, 0.6) is 0 Å². The number of ether oxygens (including phenoxy) is 1. The first kappa shape index (κ1) is 7.94. The van der Waals surface area contributed by atoms with E-state index in [9.17, 15) is 4.39 Å². The lowest BCUT2D eigenvalue weighted by atomic mass is 10.1. The van der Waals surface area contributed by atoms with Crippen molar-refractivity contribution >= 4 is 7.25 Å². The highest BCUT2D eigenvalue weighted by Gasteiger charge is 2.30. The lowest BCUT2D eigenvalue weighted by Crippen LogP contribution is -2.51. The Morgan fingerprint density at radius 3 is 2.70 bits per heavy atom. The Morgan fingerprint density at radius 1 is 1.60 bits per heavy atom. The maximum Gasteiger partial charge on any atom is 0.554 e. The van der Waals surface area contributed by atoms with Crippen LogP contribution in [0, 0.1) is 0 Å². The topological polar surface area (TPSA) is 52.9 Å². The van der Waals surface area contributed by atoms with Crippen molar-refractivity contribution < 1.29 is 19.2 Å². The van der Waals surface area contributed by atoms with Crippen molar-refractivity contribution in [2.45, 2.75) is 6.30 Å². The van der Waals surface area contributed by atoms with Crippen molar-refractivity contribution in [3.63, 3.8) is 0 Å². The lowest BCUT2D eigenvalue weighted by molar-refractivity contribution is -0.0381. The number of nitrogens with zero attached hydrogens (tertiary/aromatic N) is 1. The summed E-state index contributed by atoms with van der Waals surface area (Å²) in [7, 11) is -1.71. The number of morpholine rings is 1. The zero-order valence-electron chi connectivity index (χ0n) is 5.40. The number of hydrogen-bond acceptors (Lipinski definition) is 4. The fourth-order valence-corrected chi connectivity index (χ4v) is 0.847. The Labute approximate surface area is 58.4 Å². The minimum absolute atomic E-state index is 0.0857. The molecule has 0 aromatic carbocycles. The van der Waals surface area contributed by atoms with E-state index >= 15 is 0 Å². The molecule has 0 aromatic rings. The largest absolute Gasteiger partial charge is 0.554 e. The van der Waals surface area contributed by atoms with Gasteiger partial charge in [0, 0.05) is 6.54 Å². The van der Waals surface area contributed by atoms with Gasteiger partial charge in [-0.2, -0.15) is 0 Å². The third-order valence-corrected chi connectivity index (χ3v) is 1.41. The van der Waals surface area contributed by atoms with Gasteiger partial charge >= 0.3 is 7.25 Å². The zero-order chi connectivity index (χ0) is 7.56. The van der Waals surface area contributed by atoms with Crippen molar-refractivity contribution in [3.8, 4) is 0 Å². The molecule has 0 bridgehead atoms. The van der Waals surface area contributed by atoms with Gasteiger partial charge in [-0.1, -0.05) is 0 Å². The van der Waals surface area contributed by atoms with Crippen LogP contribution in [0.2, 0.25) is 0 Å². The van der Waals surface area contributed by atoms with Gasteiger partial charge < -0.3 is 14.8 Å². The Hall–Kier alpha value is -0.165. The second kappa shape index (κ2) is 3.29. The monoisotopic (exact) mass is 149 g/mol. The molecule has 1 atom stereocenters. The minimum atomic E-state index is -1.71. The van der Waals surface area contributed by atoms with Crippen molar-refractivity contribution in [3.05, 3.63) is 0 Å². The maximum atomic E-state index is 12.6. The van der Waals surface area contributed by atoms with E-state index in [0.717, 1.165) is 4.81 Å². The summed E-state index contributed by atoms with van der Waals surface area (Å²) in [6.45, 7) is 0.481. The van der Waals surface area contributed by atoms with Crippen molar-refractivity contribution in [2.24, 2.45) is 0 Å². The molecule has 4 nitrogen and oxygen atoms in total. The first-order valence-electron chi connectivity index (χ1n) is 3.05. The summed E-state index contributed by atoms with van der Waals surface area (Å²) in [5, 5.41) is 17.1. The van der Waals surface area contributed by atoms with E-state index in [-0.39, 0.29) is 13.2 Å². The SMILES string of the molecule is OB(O)N1CCOCC1F. The number of alkyl halides is 1. The molecule has 1 saturated heterocycles. The number of rotatable bonds is 1. The average molecular weight is 149 g/mol. The normalized spacial score (nSPS) is 28.5. The van der Waals surface area contributed by atoms with E-state index in [4.69, 9.17) is 14.8 Å². The standard InChI is InChI=1S/C4H9BFNO3/c6-4-3-10-2-1-7(4)5(8)9/h4,8-9H,1-3H2. The van der Waals surface area contributed by atoms with Gasteiger partial charge in [-0.3, -0.25) is 4.81 Å². The molecule has 1 fully saturated rings. The van der Waals surface area contributed by atoms with Crippen molar-refractivity contribution in [1.82, 2.24) is 4.81 Å². The van der Waals surface area contributed by atoms with Crippen LogP contribution in [0.3, 0.4) is 0 Å². The highest BCUT2D eigenvalue weighted by Crippen LogP contribution is 2.07. The fraction of sp³-hybridized carbons (Fsp3) is 1.00. The molecule has 1 unspecified atom stereocenters. The summed E-state index contributed by atoms with van der Waals surface area (Å²) in [6.07, 6.45) is -1.39. The van der Waals surface area contributed by atoms with Crippen molar-refractivity contribution in [1.29, 1.82) is 0 Å². The highest BCUT2D eigenvalue weighted by molar-refractivity contribution is 6.37. The molecular formula is C4H9BFNO3. The molecule has 0 aromatic heterocycles. The molecule has 0 spiro atoms. The molecular weight excluding hydrogens is 140 g/mol. The van der Waals surface area contributed by atoms with Gasteiger partial charge in [0.25, 0.3) is 0 Å². The van der Waals surface area contributed by atoms with Crippen LogP contribution in [-0.2, 0) is 4.74 Å². The van der Waals surface area contributed by atoms with Gasteiger partial charge in [0.2, 0.25) is 0 Å². The third kappa shape index (κ3) is 1.66. The van der Waals surface area contributed by atoms with E-state index in [1.54, 1.807) is 0 Å². The van der Waals surface area contributed by atoms with Gasteiger partial charge in [0.05, 0.1) is 13.2 Å². The van der Waals surface area contributed by atoms with Crippen LogP contribution in [0.25, 0.3) is 0 Å². The molecule has 1 heterocycles. The van der Waals surface area contributed by atoms with Gasteiger partial charge in [-0.05, 0) is 0 Å². The van der Waals surface area contributed by atoms with E-state index < -0.39 is 13.5 Å². The van der Waals surface area contributed by atoms with E-state index in [1.807, 2.05) is 0 Å². The molecule has 0 radical (unpaired) electrons. The van der Waals surface area contributed by atoms with Crippen LogP contribution >= 0.6 is 0 Å². The third-order valence-electron chi connectivity index (χ3n) is 1.41. The summed E-state index contributed by atoms with van der Waals surface area (Å²) in [5.41, 5.74) is 0. The van der Waals surface area contributed by atoms with E-state index in [2.05, 4.69) is 0 Å². The Kier molecular flexibility index (Phi) is 2.61. The Balaban J connectivity index is 2.40. The predicted octanol–water partition coefficient (Wildman–Crippen LogP) is -1.42. The molecule has 1 aliphatic heterocycles. The smallest absolute Gasteiger partial charge is 0.413 e. The van der Waals surface area contributed by atoms with Crippen molar-refractivity contribution in [2.75, 3.05) is 19.8 Å². The van der Waals surface area contributed by atoms with Crippen LogP contribution in [-0.4, -0.2) is 48.2 Å². The molecule has 10 heavy (non-hydrogen) atoms. The predicted molar refractivity (Wildman–Crippen MR) is 32.6 cm³/mol. The quantitative estimate of drug-likeness (QED) is 0.355. The Bertz CT molecular complexity index is 115. The summed E-state index contributed by atoms with van der Waals surface area (Å²) >= 11 is 0. The van der Waals surface area contributed by atoms with Crippen LogP contribution in [0.15, 0.2) is 0 Å². The average Bonchev–Trinajstić information content (AvgIpc) is 1.88. The van der Waals surface area contributed by atoms with Gasteiger partial charge in [0.1, 0.15) is 0 Å². The van der Waals surface area contributed by atoms with E-state index in [1.165, 1.54) is 0 Å². The molecule has 0 amide bonds. The number of halogens is 1. The fourth-order valence-electron chi connectivity index (χ4n) is 0.847. The van der Waals surface area contributed by atoms with Gasteiger partial charge in [-0.15, -0.1) is 0 Å². The van der Waals surface area contributed by atoms with Crippen LogP contribution in [0.1, 0.15) is 0 Å². The van der Waals surface area contributed by atoms with Gasteiger partial charge in [-0.25, -0.2) is 4.39 Å². The first-order valence-corrected chi connectivity index (χ1v) is 3.05. The molecule has 1 aliphatic rings. The minimum Gasteiger partial charge on any atom is -0.413 e. The zero-order valence-corrected chi connectivity index (χ0v) is 5.40. The Morgan fingerprint density at radius 2 is 2.30 bits per heavy atom. The summed E-state index contributed by atoms with van der Waals surface area (Å²) < 4.78 is 17.3. The summed E-state index contributed by atoms with van der Waals surface area (Å²) in [4.78, 5) is 0.920. The van der Waals surface area contributed by atoms with Crippen LogP contribution in [0.4, 0.5) is 4.39 Å². The van der Waals surface area contributed by atoms with Gasteiger partial charge in [0.15, 0.2) is 6.30 Å². The van der Waals surface area contributed by atoms with E-state index in [0.29, 0.717) is 6.61 Å². The number of hydrogen-bond donors (Lipinski definition) is 2. The lowest BCUT2D eigenvalue weighted by Gasteiger charge is -2.29. The molecule has 0 saturated carbocycles. The molecule has 0 aliphatic carbocycles. The molecule has 2 N–H and O–H groups in total. The maximum absolute atomic E-state index is 12.6. The molecule has 6 heteroatoms.